The van der Waals surface area contributed by atoms with Gasteiger partial charge in [0.1, 0.15) is 0 Å². The first kappa shape index (κ1) is 16.8. The first-order chi connectivity index (χ1) is 11.5. The van der Waals surface area contributed by atoms with E-state index in [0.717, 1.165) is 18.5 Å². The Hall–Kier alpha value is -2.05. The van der Waals surface area contributed by atoms with Crippen LogP contribution in [0, 0.1) is 0 Å². The summed E-state index contributed by atoms with van der Waals surface area (Å²) in [7, 11) is -3.70. The summed E-state index contributed by atoms with van der Waals surface area (Å²) >= 11 is 5.87. The molecule has 3 rings (SSSR count). The number of nitrogens with zero attached hydrogens (tertiary/aromatic N) is 1. The average Bonchev–Trinajstić information content (AvgIpc) is 2.55. The van der Waals surface area contributed by atoms with Crippen LogP contribution < -0.4 is 9.62 Å². The van der Waals surface area contributed by atoms with E-state index < -0.39 is 10.0 Å². The number of hydrogen-bond donors (Lipinski definition) is 1. The van der Waals surface area contributed by atoms with Crippen LogP contribution in [0.25, 0.3) is 0 Å². The van der Waals surface area contributed by atoms with Gasteiger partial charge in [0.25, 0.3) is 10.0 Å². The Morgan fingerprint density at radius 3 is 2.46 bits per heavy atom. The Morgan fingerprint density at radius 2 is 1.79 bits per heavy atom. The molecule has 0 spiro atoms. The van der Waals surface area contributed by atoms with Crippen molar-refractivity contribution in [2.24, 2.45) is 0 Å². The number of halogens is 1. The minimum absolute atomic E-state index is 0.0777. The number of carbonyl (C=O) groups is 1. The monoisotopic (exact) mass is 364 g/mol. The number of anilines is 2. The van der Waals surface area contributed by atoms with Gasteiger partial charge in [0.2, 0.25) is 5.91 Å². The van der Waals surface area contributed by atoms with E-state index in [1.54, 1.807) is 41.3 Å². The van der Waals surface area contributed by atoms with Crippen LogP contribution in [0.3, 0.4) is 0 Å². The van der Waals surface area contributed by atoms with Crippen molar-refractivity contribution >= 4 is 38.9 Å². The van der Waals surface area contributed by atoms with Gasteiger partial charge in [-0.3, -0.25) is 9.52 Å². The minimum atomic E-state index is -3.70. The summed E-state index contributed by atoms with van der Waals surface area (Å²) in [5, 5.41) is 0.453. The van der Waals surface area contributed by atoms with E-state index in [1.165, 1.54) is 12.1 Å². The summed E-state index contributed by atoms with van der Waals surface area (Å²) in [6.45, 7) is 0.672. The van der Waals surface area contributed by atoms with E-state index in [9.17, 15) is 13.2 Å². The lowest BCUT2D eigenvalue weighted by molar-refractivity contribution is -0.119. The van der Waals surface area contributed by atoms with Gasteiger partial charge < -0.3 is 4.90 Å². The summed E-state index contributed by atoms with van der Waals surface area (Å²) in [6, 6.07) is 12.8. The molecule has 2 aromatic carbocycles. The fraction of sp³-hybridized carbons (Fsp3) is 0.235. The summed E-state index contributed by atoms with van der Waals surface area (Å²) < 4.78 is 27.4. The van der Waals surface area contributed by atoms with Crippen molar-refractivity contribution in [3.05, 3.63) is 53.6 Å². The van der Waals surface area contributed by atoms with Crippen molar-refractivity contribution in [1.82, 2.24) is 0 Å². The minimum Gasteiger partial charge on any atom is -0.312 e. The van der Waals surface area contributed by atoms with Crippen LogP contribution in [0.2, 0.25) is 5.02 Å². The van der Waals surface area contributed by atoms with Crippen molar-refractivity contribution in [1.29, 1.82) is 0 Å². The standard InChI is InChI=1S/C17H17ClN2O3S/c18-13-4-3-5-14(12-13)19-24(22,23)16-9-7-15(8-10-16)20-11-2-1-6-17(20)21/h3-5,7-10,12,19H,1-2,6,11H2. The Balaban J connectivity index is 1.80. The normalized spacial score (nSPS) is 15.4. The Kier molecular flexibility index (Phi) is 4.78. The van der Waals surface area contributed by atoms with Crippen molar-refractivity contribution < 1.29 is 13.2 Å². The molecular weight excluding hydrogens is 348 g/mol. The molecule has 1 amide bonds. The molecule has 0 aliphatic carbocycles. The molecule has 126 valence electrons. The van der Waals surface area contributed by atoms with Crippen LogP contribution >= 0.6 is 11.6 Å². The second kappa shape index (κ2) is 6.83. The zero-order chi connectivity index (χ0) is 17.2. The van der Waals surface area contributed by atoms with Crippen LogP contribution in [0.1, 0.15) is 19.3 Å². The topological polar surface area (TPSA) is 66.5 Å². The van der Waals surface area contributed by atoms with E-state index >= 15 is 0 Å². The fourth-order valence-corrected chi connectivity index (χ4v) is 3.89. The van der Waals surface area contributed by atoms with Gasteiger partial charge in [0, 0.05) is 23.7 Å². The molecule has 0 aromatic heterocycles. The third kappa shape index (κ3) is 3.71. The molecule has 2 aromatic rings. The molecule has 7 heteroatoms. The molecule has 1 saturated heterocycles. The lowest BCUT2D eigenvalue weighted by Crippen LogP contribution is -2.35. The van der Waals surface area contributed by atoms with Gasteiger partial charge in [0.05, 0.1) is 10.6 Å². The molecule has 0 unspecified atom stereocenters. The molecule has 1 aliphatic rings. The molecule has 1 fully saturated rings. The van der Waals surface area contributed by atoms with E-state index in [1.807, 2.05) is 0 Å². The van der Waals surface area contributed by atoms with Gasteiger partial charge in [-0.2, -0.15) is 0 Å². The largest absolute Gasteiger partial charge is 0.312 e. The van der Waals surface area contributed by atoms with Gasteiger partial charge in [-0.05, 0) is 55.3 Å². The van der Waals surface area contributed by atoms with E-state index in [0.29, 0.717) is 23.7 Å². The van der Waals surface area contributed by atoms with Crippen molar-refractivity contribution in [2.75, 3.05) is 16.2 Å². The number of piperidine rings is 1. The quantitative estimate of drug-likeness (QED) is 0.900. The molecule has 5 nitrogen and oxygen atoms in total. The van der Waals surface area contributed by atoms with Crippen molar-refractivity contribution in [2.45, 2.75) is 24.2 Å². The van der Waals surface area contributed by atoms with Crippen LogP contribution in [0.4, 0.5) is 11.4 Å². The van der Waals surface area contributed by atoms with Gasteiger partial charge in [0.15, 0.2) is 0 Å². The Bertz CT molecular complexity index is 850. The van der Waals surface area contributed by atoms with E-state index in [4.69, 9.17) is 11.6 Å². The van der Waals surface area contributed by atoms with E-state index in [2.05, 4.69) is 4.72 Å². The van der Waals surface area contributed by atoms with Crippen LogP contribution in [0.15, 0.2) is 53.4 Å². The number of amides is 1. The van der Waals surface area contributed by atoms with Crippen molar-refractivity contribution in [3.63, 3.8) is 0 Å². The molecule has 1 aliphatic heterocycles. The molecule has 0 atom stereocenters. The highest BCUT2D eigenvalue weighted by Gasteiger charge is 2.20. The third-order valence-corrected chi connectivity index (χ3v) is 5.49. The van der Waals surface area contributed by atoms with Gasteiger partial charge in [-0.15, -0.1) is 0 Å². The van der Waals surface area contributed by atoms with Crippen molar-refractivity contribution in [3.8, 4) is 0 Å². The number of nitrogens with one attached hydrogen (secondary N) is 1. The molecule has 24 heavy (non-hydrogen) atoms. The highest BCUT2D eigenvalue weighted by atomic mass is 35.5. The second-order valence-corrected chi connectivity index (χ2v) is 7.73. The highest BCUT2D eigenvalue weighted by molar-refractivity contribution is 7.92. The van der Waals surface area contributed by atoms with Crippen LogP contribution in [-0.4, -0.2) is 20.9 Å². The number of benzene rings is 2. The lowest BCUT2D eigenvalue weighted by atomic mass is 10.1. The highest BCUT2D eigenvalue weighted by Crippen LogP contribution is 2.24. The number of hydrogen-bond acceptors (Lipinski definition) is 3. The third-order valence-electron chi connectivity index (χ3n) is 3.86. The summed E-state index contributed by atoms with van der Waals surface area (Å²) in [6.07, 6.45) is 2.41. The lowest BCUT2D eigenvalue weighted by Gasteiger charge is -2.26. The average molecular weight is 365 g/mol. The Labute approximate surface area is 146 Å². The second-order valence-electron chi connectivity index (χ2n) is 5.61. The molecular formula is C17H17ClN2O3S. The summed E-state index contributed by atoms with van der Waals surface area (Å²) in [5.41, 5.74) is 1.12. The number of sulfonamides is 1. The maximum Gasteiger partial charge on any atom is 0.261 e. The smallest absolute Gasteiger partial charge is 0.261 e. The first-order valence-corrected chi connectivity index (χ1v) is 9.51. The molecule has 0 saturated carbocycles. The van der Waals surface area contributed by atoms with Gasteiger partial charge in [-0.1, -0.05) is 17.7 Å². The first-order valence-electron chi connectivity index (χ1n) is 7.64. The molecule has 0 bridgehead atoms. The van der Waals surface area contributed by atoms with Crippen LogP contribution in [0.5, 0.6) is 0 Å². The fourth-order valence-electron chi connectivity index (χ4n) is 2.65. The van der Waals surface area contributed by atoms with Gasteiger partial charge >= 0.3 is 0 Å². The maximum atomic E-state index is 12.4. The zero-order valence-corrected chi connectivity index (χ0v) is 14.5. The zero-order valence-electron chi connectivity index (χ0n) is 12.9. The van der Waals surface area contributed by atoms with Crippen LogP contribution in [-0.2, 0) is 14.8 Å². The predicted octanol–water partition coefficient (Wildman–Crippen LogP) is 3.66. The molecule has 0 radical (unpaired) electrons. The maximum absolute atomic E-state index is 12.4. The molecule has 1 heterocycles. The predicted molar refractivity (Wildman–Crippen MR) is 94.9 cm³/mol. The number of carbonyl (C=O) groups excluding carboxylic acids is 1. The number of rotatable bonds is 4. The van der Waals surface area contributed by atoms with E-state index in [-0.39, 0.29) is 10.8 Å². The Morgan fingerprint density at radius 1 is 1.04 bits per heavy atom. The molecule has 1 N–H and O–H groups in total. The van der Waals surface area contributed by atoms with Gasteiger partial charge in [-0.25, -0.2) is 8.42 Å². The SMILES string of the molecule is O=C1CCCCN1c1ccc(S(=O)(=O)Nc2cccc(Cl)c2)cc1. The summed E-state index contributed by atoms with van der Waals surface area (Å²) in [4.78, 5) is 13.8. The summed E-state index contributed by atoms with van der Waals surface area (Å²) in [5.74, 6) is 0.0777.